The first-order valence-corrected chi connectivity index (χ1v) is 5.66. The first-order chi connectivity index (χ1) is 9.72. The van der Waals surface area contributed by atoms with Crippen LogP contribution in [0.5, 0.6) is 0 Å². The van der Waals surface area contributed by atoms with E-state index in [2.05, 4.69) is 15.3 Å². The molecule has 3 rings (SSSR count). The SMILES string of the molecule is Fc1ccc(-c2ccc(/C=N/n3cnnc3)o2)c(F)c1. The maximum Gasteiger partial charge on any atom is 0.147 e. The lowest BCUT2D eigenvalue weighted by atomic mass is 10.1. The topological polar surface area (TPSA) is 56.2 Å². The molecule has 0 amide bonds. The van der Waals surface area contributed by atoms with E-state index in [4.69, 9.17) is 4.42 Å². The lowest BCUT2D eigenvalue weighted by Gasteiger charge is -1.98. The quantitative estimate of drug-likeness (QED) is 0.690. The van der Waals surface area contributed by atoms with Crippen LogP contribution in [0.3, 0.4) is 0 Å². The van der Waals surface area contributed by atoms with E-state index in [0.717, 1.165) is 6.07 Å². The van der Waals surface area contributed by atoms with Crippen LogP contribution in [-0.4, -0.2) is 21.1 Å². The molecule has 0 aliphatic heterocycles. The molecule has 5 nitrogen and oxygen atoms in total. The fourth-order valence-corrected chi connectivity index (χ4v) is 1.63. The van der Waals surface area contributed by atoms with Gasteiger partial charge in [-0.3, -0.25) is 0 Å². The molecule has 0 unspecified atom stereocenters. The summed E-state index contributed by atoms with van der Waals surface area (Å²) in [5.74, 6) is -0.584. The molecule has 100 valence electrons. The smallest absolute Gasteiger partial charge is 0.147 e. The third-order valence-corrected chi connectivity index (χ3v) is 2.55. The molecule has 7 heteroatoms. The Labute approximate surface area is 112 Å². The van der Waals surface area contributed by atoms with Crippen molar-refractivity contribution < 1.29 is 13.2 Å². The summed E-state index contributed by atoms with van der Waals surface area (Å²) >= 11 is 0. The number of rotatable bonds is 3. The van der Waals surface area contributed by atoms with Crippen molar-refractivity contribution >= 4 is 6.21 Å². The second-order valence-corrected chi connectivity index (χ2v) is 3.91. The molecule has 0 radical (unpaired) electrons. The Morgan fingerprint density at radius 2 is 1.90 bits per heavy atom. The van der Waals surface area contributed by atoms with Gasteiger partial charge < -0.3 is 4.42 Å². The van der Waals surface area contributed by atoms with E-state index in [1.165, 1.54) is 35.7 Å². The summed E-state index contributed by atoms with van der Waals surface area (Å²) in [4.78, 5) is 0. The Bertz CT molecular complexity index is 750. The summed E-state index contributed by atoms with van der Waals surface area (Å²) in [5, 5.41) is 11.2. The average molecular weight is 274 g/mol. The van der Waals surface area contributed by atoms with Crippen molar-refractivity contribution in [3.05, 3.63) is 60.4 Å². The Hall–Kier alpha value is -2.83. The number of furan rings is 1. The minimum Gasteiger partial charge on any atom is -0.455 e. The monoisotopic (exact) mass is 274 g/mol. The van der Waals surface area contributed by atoms with Gasteiger partial charge in [-0.25, -0.2) is 13.5 Å². The molecule has 0 aliphatic carbocycles. The Balaban J connectivity index is 1.86. The molecule has 0 N–H and O–H groups in total. The fraction of sp³-hybridized carbons (Fsp3) is 0. The van der Waals surface area contributed by atoms with Gasteiger partial charge in [-0.2, -0.15) is 5.10 Å². The van der Waals surface area contributed by atoms with Gasteiger partial charge in [-0.05, 0) is 24.3 Å². The normalized spacial score (nSPS) is 11.3. The number of halogens is 2. The third-order valence-electron chi connectivity index (χ3n) is 2.55. The van der Waals surface area contributed by atoms with Gasteiger partial charge in [0.15, 0.2) is 0 Å². The lowest BCUT2D eigenvalue weighted by Crippen LogP contribution is -1.86. The van der Waals surface area contributed by atoms with Crippen molar-refractivity contribution in [1.82, 2.24) is 14.9 Å². The largest absolute Gasteiger partial charge is 0.455 e. The minimum absolute atomic E-state index is 0.190. The van der Waals surface area contributed by atoms with Crippen LogP contribution in [0.2, 0.25) is 0 Å². The Morgan fingerprint density at radius 3 is 2.65 bits per heavy atom. The van der Waals surface area contributed by atoms with Crippen LogP contribution in [0.25, 0.3) is 11.3 Å². The van der Waals surface area contributed by atoms with Crippen LogP contribution >= 0.6 is 0 Å². The van der Waals surface area contributed by atoms with Crippen LogP contribution in [0.4, 0.5) is 8.78 Å². The molecule has 20 heavy (non-hydrogen) atoms. The molecule has 2 heterocycles. The maximum atomic E-state index is 13.6. The summed E-state index contributed by atoms with van der Waals surface area (Å²) in [6, 6.07) is 6.52. The molecule has 0 fully saturated rings. The second kappa shape index (κ2) is 5.04. The molecule has 0 saturated heterocycles. The van der Waals surface area contributed by atoms with Crippen molar-refractivity contribution in [2.24, 2.45) is 5.10 Å². The highest BCUT2D eigenvalue weighted by Crippen LogP contribution is 2.25. The summed E-state index contributed by atoms with van der Waals surface area (Å²) in [6.45, 7) is 0. The molecule has 0 atom stereocenters. The highest BCUT2D eigenvalue weighted by atomic mass is 19.1. The predicted octanol–water partition coefficient (Wildman–Crippen LogP) is 2.70. The van der Waals surface area contributed by atoms with Crippen molar-refractivity contribution in [1.29, 1.82) is 0 Å². The number of aromatic nitrogens is 3. The van der Waals surface area contributed by atoms with Gasteiger partial charge in [-0.15, -0.1) is 10.2 Å². The van der Waals surface area contributed by atoms with Gasteiger partial charge in [0.2, 0.25) is 0 Å². The zero-order valence-electron chi connectivity index (χ0n) is 10.1. The zero-order valence-corrected chi connectivity index (χ0v) is 10.1. The highest BCUT2D eigenvalue weighted by Gasteiger charge is 2.10. The molecule has 0 spiro atoms. The fourth-order valence-electron chi connectivity index (χ4n) is 1.63. The molecule has 3 aromatic rings. The summed E-state index contributed by atoms with van der Waals surface area (Å²) < 4.78 is 33.3. The van der Waals surface area contributed by atoms with Crippen LogP contribution in [0, 0.1) is 11.6 Å². The predicted molar refractivity (Wildman–Crippen MR) is 67.1 cm³/mol. The first kappa shape index (κ1) is 12.2. The first-order valence-electron chi connectivity index (χ1n) is 5.66. The third kappa shape index (κ3) is 2.46. The van der Waals surface area contributed by atoms with Gasteiger partial charge in [0.05, 0.1) is 11.8 Å². The summed E-state index contributed by atoms with van der Waals surface area (Å²) in [7, 11) is 0. The summed E-state index contributed by atoms with van der Waals surface area (Å²) in [6.07, 6.45) is 4.27. The average Bonchev–Trinajstić information content (AvgIpc) is 3.07. The number of hydrogen-bond donors (Lipinski definition) is 0. The number of nitrogens with zero attached hydrogens (tertiary/aromatic N) is 4. The van der Waals surface area contributed by atoms with Gasteiger partial charge in [0, 0.05) is 6.07 Å². The van der Waals surface area contributed by atoms with E-state index in [1.54, 1.807) is 12.1 Å². The molecule has 2 aromatic heterocycles. The second-order valence-electron chi connectivity index (χ2n) is 3.91. The van der Waals surface area contributed by atoms with Gasteiger partial charge in [0.1, 0.15) is 35.8 Å². The number of hydrogen-bond acceptors (Lipinski definition) is 4. The van der Waals surface area contributed by atoms with E-state index in [0.29, 0.717) is 11.5 Å². The summed E-state index contributed by atoms with van der Waals surface area (Å²) in [5.41, 5.74) is 0.190. The van der Waals surface area contributed by atoms with Gasteiger partial charge in [0.25, 0.3) is 0 Å². The Morgan fingerprint density at radius 1 is 1.10 bits per heavy atom. The van der Waals surface area contributed by atoms with Crippen LogP contribution in [-0.2, 0) is 0 Å². The molecule has 0 saturated carbocycles. The minimum atomic E-state index is -0.679. The van der Waals surface area contributed by atoms with Gasteiger partial charge in [-0.1, -0.05) is 0 Å². The van der Waals surface area contributed by atoms with E-state index >= 15 is 0 Å². The molecule has 0 bridgehead atoms. The van der Waals surface area contributed by atoms with Crippen molar-refractivity contribution in [2.45, 2.75) is 0 Å². The molecular formula is C13H8F2N4O. The maximum absolute atomic E-state index is 13.6. The van der Waals surface area contributed by atoms with E-state index in [-0.39, 0.29) is 5.56 Å². The Kier molecular flexibility index (Phi) is 3.08. The van der Waals surface area contributed by atoms with Crippen molar-refractivity contribution in [2.75, 3.05) is 0 Å². The van der Waals surface area contributed by atoms with E-state index in [9.17, 15) is 8.78 Å². The van der Waals surface area contributed by atoms with Crippen LogP contribution in [0.1, 0.15) is 5.76 Å². The molecular weight excluding hydrogens is 266 g/mol. The van der Waals surface area contributed by atoms with Crippen LogP contribution < -0.4 is 0 Å². The lowest BCUT2D eigenvalue weighted by molar-refractivity contribution is 0.555. The van der Waals surface area contributed by atoms with E-state index < -0.39 is 11.6 Å². The van der Waals surface area contributed by atoms with E-state index in [1.807, 2.05) is 0 Å². The molecule has 0 aliphatic rings. The van der Waals surface area contributed by atoms with Crippen molar-refractivity contribution in [3.63, 3.8) is 0 Å². The van der Waals surface area contributed by atoms with Crippen molar-refractivity contribution in [3.8, 4) is 11.3 Å². The van der Waals surface area contributed by atoms with Gasteiger partial charge >= 0.3 is 0 Å². The zero-order chi connectivity index (χ0) is 13.9. The molecule has 1 aromatic carbocycles. The van der Waals surface area contributed by atoms with Crippen LogP contribution in [0.15, 0.2) is 52.5 Å². The highest BCUT2D eigenvalue weighted by molar-refractivity contribution is 5.77. The standard InChI is InChI=1S/C13H8F2N4O/c14-9-1-3-11(12(15)5-9)13-4-2-10(20-13)6-18-19-7-16-17-8-19/h1-8H/b18-6+. The number of benzene rings is 1.